The van der Waals surface area contributed by atoms with E-state index in [9.17, 15) is 4.79 Å². The quantitative estimate of drug-likeness (QED) is 0.605. The van der Waals surface area contributed by atoms with Crippen LogP contribution in [-0.4, -0.2) is 44.8 Å². The third-order valence-electron chi connectivity index (χ3n) is 2.11. The number of hydrogen-bond acceptors (Lipinski definition) is 3. The first-order chi connectivity index (χ1) is 8.06. The van der Waals surface area contributed by atoms with Gasteiger partial charge in [0.25, 0.3) is 0 Å². The molecule has 0 spiro atoms. The fraction of sp³-hybridized carbons (Fsp3) is 0.364. The van der Waals surface area contributed by atoms with Crippen LogP contribution in [0, 0.1) is 0 Å². The Hall–Kier alpha value is 0.287. The van der Waals surface area contributed by atoms with Crippen LogP contribution in [0.2, 0.25) is 5.02 Å². The molecule has 0 radical (unpaired) electrons. The first-order valence-electron chi connectivity index (χ1n) is 4.94. The summed E-state index contributed by atoms with van der Waals surface area (Å²) in [5.74, 6) is 0.842. The monoisotopic (exact) mass is 346 g/mol. The Bertz CT molecular complexity index is 415. The predicted molar refractivity (Wildman–Crippen MR) is 82.6 cm³/mol. The summed E-state index contributed by atoms with van der Waals surface area (Å²) in [4.78, 5) is 12.1. The van der Waals surface area contributed by atoms with Crippen molar-refractivity contribution >= 4 is 60.5 Å². The third kappa shape index (κ3) is 3.89. The molecule has 0 aliphatic carbocycles. The molecular weight excluding hydrogens is 333 g/mol. The summed E-state index contributed by atoms with van der Waals surface area (Å²) in [6, 6.07) is 1.66. The van der Waals surface area contributed by atoms with E-state index in [2.05, 4.69) is 15.9 Å². The van der Waals surface area contributed by atoms with Crippen LogP contribution in [0.4, 0.5) is 0 Å². The Kier molecular flexibility index (Phi) is 8.59. The van der Waals surface area contributed by atoms with Crippen LogP contribution >= 0.6 is 36.1 Å². The first kappa shape index (κ1) is 18.3. The van der Waals surface area contributed by atoms with Crippen molar-refractivity contribution in [2.24, 2.45) is 0 Å². The molecule has 0 bridgehead atoms. The standard InChI is InChI=1S/C11H13BrClO3P.Li.H/c1-4-17-11(14)8-9(15-2)6(12)5-7(13)10(8)16-3;;/h5,17H,4H2,1-3H3;;. The Morgan fingerprint density at radius 3 is 2.39 bits per heavy atom. The van der Waals surface area contributed by atoms with Crippen molar-refractivity contribution in [2.75, 3.05) is 20.4 Å². The van der Waals surface area contributed by atoms with E-state index < -0.39 is 0 Å². The molecule has 0 fully saturated rings. The van der Waals surface area contributed by atoms with Crippen molar-refractivity contribution in [3.05, 3.63) is 21.1 Å². The van der Waals surface area contributed by atoms with Crippen LogP contribution < -0.4 is 9.47 Å². The van der Waals surface area contributed by atoms with Gasteiger partial charge in [0.1, 0.15) is 11.3 Å². The van der Waals surface area contributed by atoms with Crippen LogP contribution in [0.3, 0.4) is 0 Å². The number of benzene rings is 1. The van der Waals surface area contributed by atoms with Crippen molar-refractivity contribution < 1.29 is 14.3 Å². The van der Waals surface area contributed by atoms with Gasteiger partial charge in [0.2, 0.25) is 0 Å². The molecule has 3 nitrogen and oxygen atoms in total. The molecule has 1 aromatic rings. The van der Waals surface area contributed by atoms with E-state index in [0.29, 0.717) is 26.6 Å². The van der Waals surface area contributed by atoms with Gasteiger partial charge in [-0.1, -0.05) is 18.5 Å². The van der Waals surface area contributed by atoms with Crippen molar-refractivity contribution in [3.8, 4) is 11.5 Å². The summed E-state index contributed by atoms with van der Waals surface area (Å²) in [5, 5.41) is 0.393. The average Bonchev–Trinajstić information content (AvgIpc) is 2.28. The number of hydrogen-bond donors (Lipinski definition) is 0. The first-order valence-corrected chi connectivity index (χ1v) is 7.32. The minimum absolute atomic E-state index is 0. The maximum atomic E-state index is 12.1. The molecule has 0 heterocycles. The van der Waals surface area contributed by atoms with Gasteiger partial charge in [-0.3, -0.25) is 4.79 Å². The SMILES string of the molecule is CCPC(=O)c1c(OC)c(Cl)cc(Br)c1OC.[LiH]. The summed E-state index contributed by atoms with van der Waals surface area (Å²) in [7, 11) is 3.18. The number of methoxy groups -OCH3 is 2. The molecule has 1 rings (SSSR count). The van der Waals surface area contributed by atoms with Crippen LogP contribution in [0.15, 0.2) is 10.5 Å². The van der Waals surface area contributed by atoms with Crippen molar-refractivity contribution in [2.45, 2.75) is 6.92 Å². The molecule has 0 aliphatic rings. The minimum atomic E-state index is -0.00981. The van der Waals surface area contributed by atoms with Gasteiger partial charge in [-0.05, 0) is 36.7 Å². The van der Waals surface area contributed by atoms with E-state index >= 15 is 0 Å². The fourth-order valence-electron chi connectivity index (χ4n) is 1.44. The van der Waals surface area contributed by atoms with Crippen LogP contribution in [-0.2, 0) is 0 Å². The molecule has 1 unspecified atom stereocenters. The number of carbonyl (C=O) groups is 1. The zero-order valence-electron chi connectivity index (χ0n) is 9.77. The second kappa shape index (κ2) is 8.46. The summed E-state index contributed by atoms with van der Waals surface area (Å²) < 4.78 is 11.1. The van der Waals surface area contributed by atoms with Crippen molar-refractivity contribution in [3.63, 3.8) is 0 Å². The zero-order valence-corrected chi connectivity index (χ0v) is 13.1. The van der Waals surface area contributed by atoms with Crippen LogP contribution in [0.5, 0.6) is 11.5 Å². The van der Waals surface area contributed by atoms with E-state index in [1.807, 2.05) is 6.92 Å². The average molecular weight is 348 g/mol. The van der Waals surface area contributed by atoms with Gasteiger partial charge in [-0.2, -0.15) is 0 Å². The Morgan fingerprint density at radius 2 is 1.94 bits per heavy atom. The second-order valence-electron chi connectivity index (χ2n) is 3.14. The van der Waals surface area contributed by atoms with Gasteiger partial charge in [0.15, 0.2) is 11.3 Å². The fourth-order valence-corrected chi connectivity index (χ4v) is 3.17. The predicted octanol–water partition coefficient (Wildman–Crippen LogP) is 3.31. The van der Waals surface area contributed by atoms with Crippen LogP contribution in [0.1, 0.15) is 17.3 Å². The molecule has 0 amide bonds. The molecule has 96 valence electrons. The van der Waals surface area contributed by atoms with E-state index in [-0.39, 0.29) is 33.0 Å². The molecule has 18 heavy (non-hydrogen) atoms. The van der Waals surface area contributed by atoms with Gasteiger partial charge < -0.3 is 9.47 Å². The number of carbonyl (C=O) groups excluding carboxylic acids is 1. The normalized spacial score (nSPS) is 10.3. The molecule has 7 heteroatoms. The molecule has 0 saturated heterocycles. The van der Waals surface area contributed by atoms with E-state index in [1.54, 1.807) is 6.07 Å². The van der Waals surface area contributed by atoms with Gasteiger partial charge in [0.05, 0.1) is 23.7 Å². The third-order valence-corrected chi connectivity index (χ3v) is 3.91. The summed E-state index contributed by atoms with van der Waals surface area (Å²) in [6.07, 6.45) is 0.787. The summed E-state index contributed by atoms with van der Waals surface area (Å²) >= 11 is 9.38. The number of ether oxygens (including phenoxy) is 2. The summed E-state index contributed by atoms with van der Waals surface area (Å²) in [6.45, 7) is 1.95. The maximum absolute atomic E-state index is 12.1. The van der Waals surface area contributed by atoms with Gasteiger partial charge in [-0.25, -0.2) is 0 Å². The Balaban J connectivity index is 0.00000289. The van der Waals surface area contributed by atoms with Gasteiger partial charge in [-0.15, -0.1) is 0 Å². The van der Waals surface area contributed by atoms with Gasteiger partial charge in [0, 0.05) is 0 Å². The molecule has 0 aromatic heterocycles. The topological polar surface area (TPSA) is 35.5 Å². The molecule has 0 saturated carbocycles. The molecule has 0 N–H and O–H groups in total. The molecule has 0 aliphatic heterocycles. The van der Waals surface area contributed by atoms with Crippen LogP contribution in [0.25, 0.3) is 0 Å². The number of halogens is 2. The van der Waals surface area contributed by atoms with Crippen molar-refractivity contribution in [1.82, 2.24) is 0 Å². The van der Waals surface area contributed by atoms with Crippen molar-refractivity contribution in [1.29, 1.82) is 0 Å². The number of rotatable bonds is 5. The molecular formula is C11H14BrClLiO3P. The Labute approximate surface area is 134 Å². The van der Waals surface area contributed by atoms with Gasteiger partial charge >= 0.3 is 18.9 Å². The molecule has 1 aromatic carbocycles. The molecule has 1 atom stereocenters. The van der Waals surface area contributed by atoms with E-state index in [1.165, 1.54) is 14.2 Å². The summed E-state index contributed by atoms with van der Waals surface area (Å²) in [5.41, 5.74) is 0.402. The zero-order chi connectivity index (χ0) is 13.0. The van der Waals surface area contributed by atoms with E-state index in [4.69, 9.17) is 21.1 Å². The van der Waals surface area contributed by atoms with E-state index in [0.717, 1.165) is 6.16 Å². The Morgan fingerprint density at radius 1 is 1.39 bits per heavy atom. The second-order valence-corrected chi connectivity index (χ2v) is 5.92.